The van der Waals surface area contributed by atoms with Gasteiger partial charge in [-0.1, -0.05) is 15.9 Å². The van der Waals surface area contributed by atoms with Gasteiger partial charge in [0, 0.05) is 42.8 Å². The van der Waals surface area contributed by atoms with Gasteiger partial charge in [-0.2, -0.15) is 0 Å². The number of rotatable bonds is 8. The topological polar surface area (TPSA) is 83.1 Å². The summed E-state index contributed by atoms with van der Waals surface area (Å²) >= 11 is 3.32. The molecule has 1 heterocycles. The van der Waals surface area contributed by atoms with E-state index in [1.54, 1.807) is 31.4 Å². The van der Waals surface area contributed by atoms with Gasteiger partial charge in [-0.3, -0.25) is 30.2 Å². The Morgan fingerprint density at radius 3 is 2.16 bits per heavy atom. The molecule has 2 N–H and O–H groups in total. The fourth-order valence-corrected chi connectivity index (χ4v) is 3.44. The van der Waals surface area contributed by atoms with E-state index in [1.807, 2.05) is 24.3 Å². The summed E-state index contributed by atoms with van der Waals surface area (Å²) in [4.78, 5) is 28.6. The number of amides is 2. The van der Waals surface area contributed by atoms with Gasteiger partial charge in [-0.25, -0.2) is 0 Å². The number of carbonyl (C=O) groups is 2. The first-order valence-electron chi connectivity index (χ1n) is 10.1. The minimum atomic E-state index is -0.345. The molecule has 1 saturated heterocycles. The zero-order valence-corrected chi connectivity index (χ0v) is 19.1. The van der Waals surface area contributed by atoms with Crippen molar-refractivity contribution in [2.24, 2.45) is 0 Å². The van der Waals surface area contributed by atoms with Gasteiger partial charge >= 0.3 is 0 Å². The van der Waals surface area contributed by atoms with E-state index >= 15 is 0 Å². The molecule has 2 aromatic rings. The molecule has 0 unspecified atom stereocenters. The number of benzene rings is 2. The molecule has 0 aromatic heterocycles. The number of nitrogens with zero attached hydrogens (tertiary/aromatic N) is 2. The van der Waals surface area contributed by atoms with Crippen LogP contribution in [0.3, 0.4) is 0 Å². The molecule has 0 radical (unpaired) electrons. The summed E-state index contributed by atoms with van der Waals surface area (Å²) in [5, 5.41) is 0. The molecule has 3 rings (SSSR count). The first kappa shape index (κ1) is 23.1. The van der Waals surface area contributed by atoms with Gasteiger partial charge < -0.3 is 9.47 Å². The zero-order valence-electron chi connectivity index (χ0n) is 17.5. The standard InChI is InChI=1S/C22H27BrN4O4/c1-30-19-6-8-20(9-7-19)31-15-14-26-10-12-27(13-11-26)16-21(28)24-25-22(29)17-2-4-18(23)5-3-17/h2-9H,10-16H2,1H3,(H,24,28)(H,25,29). The zero-order chi connectivity index (χ0) is 22.1. The molecule has 2 aromatic carbocycles. The summed E-state index contributed by atoms with van der Waals surface area (Å²) in [5.74, 6) is 1.05. The summed E-state index contributed by atoms with van der Waals surface area (Å²) in [5.41, 5.74) is 5.41. The lowest BCUT2D eigenvalue weighted by Gasteiger charge is -2.34. The van der Waals surface area contributed by atoms with Crippen molar-refractivity contribution in [3.05, 3.63) is 58.6 Å². The highest BCUT2D eigenvalue weighted by atomic mass is 79.9. The van der Waals surface area contributed by atoms with Crippen LogP contribution in [0.4, 0.5) is 0 Å². The molecule has 2 amide bonds. The third kappa shape index (κ3) is 7.54. The van der Waals surface area contributed by atoms with Crippen LogP contribution in [0.25, 0.3) is 0 Å². The Balaban J connectivity index is 1.29. The number of hydrazine groups is 1. The van der Waals surface area contributed by atoms with Gasteiger partial charge in [-0.15, -0.1) is 0 Å². The number of piperazine rings is 1. The Hall–Kier alpha value is -2.62. The summed E-state index contributed by atoms with van der Waals surface area (Å²) < 4.78 is 11.8. The third-order valence-corrected chi connectivity index (χ3v) is 5.52. The van der Waals surface area contributed by atoms with E-state index < -0.39 is 0 Å². The number of ether oxygens (including phenoxy) is 2. The molecule has 31 heavy (non-hydrogen) atoms. The van der Waals surface area contributed by atoms with Crippen LogP contribution in [0, 0.1) is 0 Å². The molecule has 0 atom stereocenters. The van der Waals surface area contributed by atoms with Crippen LogP contribution >= 0.6 is 15.9 Å². The van der Waals surface area contributed by atoms with Crippen LogP contribution in [0.5, 0.6) is 11.5 Å². The van der Waals surface area contributed by atoms with E-state index in [1.165, 1.54) is 0 Å². The van der Waals surface area contributed by atoms with Gasteiger partial charge in [0.2, 0.25) is 0 Å². The summed E-state index contributed by atoms with van der Waals surface area (Å²) in [6.45, 7) is 4.99. The number of carbonyl (C=O) groups excluding carboxylic acids is 2. The predicted molar refractivity (Wildman–Crippen MR) is 121 cm³/mol. The highest BCUT2D eigenvalue weighted by molar-refractivity contribution is 9.10. The molecule has 8 nitrogen and oxygen atoms in total. The van der Waals surface area contributed by atoms with Crippen molar-refractivity contribution in [1.82, 2.24) is 20.7 Å². The van der Waals surface area contributed by atoms with Gasteiger partial charge in [0.25, 0.3) is 11.8 Å². The largest absolute Gasteiger partial charge is 0.497 e. The van der Waals surface area contributed by atoms with E-state index in [0.717, 1.165) is 48.7 Å². The second kappa shape index (κ2) is 11.7. The molecule has 1 aliphatic rings. The molecule has 0 aliphatic carbocycles. The molecule has 1 aliphatic heterocycles. The molecular formula is C22H27BrN4O4. The third-order valence-electron chi connectivity index (χ3n) is 4.99. The van der Waals surface area contributed by atoms with Crippen LogP contribution in [0.1, 0.15) is 10.4 Å². The van der Waals surface area contributed by atoms with E-state index in [4.69, 9.17) is 9.47 Å². The number of hydrogen-bond donors (Lipinski definition) is 2. The van der Waals surface area contributed by atoms with Crippen molar-refractivity contribution >= 4 is 27.7 Å². The lowest BCUT2D eigenvalue weighted by molar-refractivity contribution is -0.123. The molecule has 0 spiro atoms. The van der Waals surface area contributed by atoms with Gasteiger partial charge in [0.15, 0.2) is 0 Å². The minimum absolute atomic E-state index is 0.234. The number of hydrogen-bond acceptors (Lipinski definition) is 6. The average Bonchev–Trinajstić information content (AvgIpc) is 2.79. The Morgan fingerprint density at radius 1 is 0.903 bits per heavy atom. The van der Waals surface area contributed by atoms with Crippen LogP contribution in [-0.2, 0) is 4.79 Å². The molecule has 0 saturated carbocycles. The summed E-state index contributed by atoms with van der Waals surface area (Å²) in [6, 6.07) is 14.5. The Labute approximate surface area is 190 Å². The maximum Gasteiger partial charge on any atom is 0.269 e. The molecule has 9 heteroatoms. The molecule has 0 bridgehead atoms. The van der Waals surface area contributed by atoms with E-state index in [2.05, 4.69) is 36.6 Å². The van der Waals surface area contributed by atoms with Crippen LogP contribution in [0.2, 0.25) is 0 Å². The first-order valence-corrected chi connectivity index (χ1v) is 10.9. The normalized spacial score (nSPS) is 14.6. The molecule has 166 valence electrons. The van der Waals surface area contributed by atoms with Crippen LogP contribution in [-0.4, -0.2) is 74.6 Å². The Kier molecular flexibility index (Phi) is 8.69. The number of halogens is 1. The number of methoxy groups -OCH3 is 1. The predicted octanol–water partition coefficient (Wildman–Crippen LogP) is 1.92. The second-order valence-corrected chi connectivity index (χ2v) is 8.07. The fraction of sp³-hybridized carbons (Fsp3) is 0.364. The van der Waals surface area contributed by atoms with Crippen LogP contribution in [0.15, 0.2) is 53.0 Å². The van der Waals surface area contributed by atoms with E-state index in [0.29, 0.717) is 12.2 Å². The number of nitrogens with one attached hydrogen (secondary N) is 2. The van der Waals surface area contributed by atoms with E-state index in [-0.39, 0.29) is 18.4 Å². The summed E-state index contributed by atoms with van der Waals surface area (Å²) in [7, 11) is 1.64. The fourth-order valence-electron chi connectivity index (χ4n) is 3.18. The van der Waals surface area contributed by atoms with Crippen molar-refractivity contribution < 1.29 is 19.1 Å². The highest BCUT2D eigenvalue weighted by Gasteiger charge is 2.19. The van der Waals surface area contributed by atoms with Gasteiger partial charge in [-0.05, 0) is 48.5 Å². The summed E-state index contributed by atoms with van der Waals surface area (Å²) in [6.07, 6.45) is 0. The van der Waals surface area contributed by atoms with Crippen molar-refractivity contribution in [3.8, 4) is 11.5 Å². The maximum atomic E-state index is 12.1. The maximum absolute atomic E-state index is 12.1. The lowest BCUT2D eigenvalue weighted by Crippen LogP contribution is -2.52. The average molecular weight is 491 g/mol. The van der Waals surface area contributed by atoms with Crippen molar-refractivity contribution in [3.63, 3.8) is 0 Å². The van der Waals surface area contributed by atoms with Crippen molar-refractivity contribution in [1.29, 1.82) is 0 Å². The van der Waals surface area contributed by atoms with Gasteiger partial charge in [0.05, 0.1) is 13.7 Å². The molecule has 1 fully saturated rings. The van der Waals surface area contributed by atoms with Crippen molar-refractivity contribution in [2.45, 2.75) is 0 Å². The van der Waals surface area contributed by atoms with Crippen molar-refractivity contribution in [2.75, 3.05) is 53.0 Å². The lowest BCUT2D eigenvalue weighted by atomic mass is 10.2. The SMILES string of the molecule is COc1ccc(OCCN2CCN(CC(=O)NNC(=O)c3ccc(Br)cc3)CC2)cc1. The van der Waals surface area contributed by atoms with Crippen LogP contribution < -0.4 is 20.3 Å². The monoisotopic (exact) mass is 490 g/mol. The Morgan fingerprint density at radius 2 is 1.52 bits per heavy atom. The quantitative estimate of drug-likeness (QED) is 0.550. The second-order valence-electron chi connectivity index (χ2n) is 7.15. The van der Waals surface area contributed by atoms with Gasteiger partial charge in [0.1, 0.15) is 18.1 Å². The smallest absolute Gasteiger partial charge is 0.269 e. The molecular weight excluding hydrogens is 464 g/mol. The first-order chi connectivity index (χ1) is 15.0. The minimum Gasteiger partial charge on any atom is -0.497 e. The highest BCUT2D eigenvalue weighted by Crippen LogP contribution is 2.17. The Bertz CT molecular complexity index is 853. The van der Waals surface area contributed by atoms with E-state index in [9.17, 15) is 9.59 Å².